The highest BCUT2D eigenvalue weighted by Crippen LogP contribution is 2.42. The van der Waals surface area contributed by atoms with Crippen LogP contribution in [0.25, 0.3) is 27.5 Å². The second kappa shape index (κ2) is 10.3. The first kappa shape index (κ1) is 23.1. The smallest absolute Gasteiger partial charge is 0.119 e. The molecule has 0 unspecified atom stereocenters. The number of ether oxygens (including phenoxy) is 1. The molecule has 0 aliphatic carbocycles. The predicted molar refractivity (Wildman–Crippen MR) is 154 cm³/mol. The van der Waals surface area contributed by atoms with Gasteiger partial charge >= 0.3 is 0 Å². The van der Waals surface area contributed by atoms with Crippen molar-refractivity contribution in [2.24, 2.45) is 0 Å². The van der Waals surface area contributed by atoms with E-state index in [9.17, 15) is 0 Å². The largest absolute Gasteiger partial charge is 0.497 e. The quantitative estimate of drug-likeness (QED) is 0.230. The molecule has 0 bridgehead atoms. The Morgan fingerprint density at radius 3 is 1.97 bits per heavy atom. The van der Waals surface area contributed by atoms with Gasteiger partial charge in [-0.15, -0.1) is 0 Å². The maximum Gasteiger partial charge on any atom is 0.119 e. The lowest BCUT2D eigenvalue weighted by atomic mass is 9.90. The van der Waals surface area contributed by atoms with Gasteiger partial charge in [-0.1, -0.05) is 103 Å². The molecule has 0 atom stereocenters. The lowest BCUT2D eigenvalue weighted by Gasteiger charge is -2.25. The molecule has 5 aromatic rings. The van der Waals surface area contributed by atoms with E-state index < -0.39 is 7.92 Å². The van der Waals surface area contributed by atoms with Crippen molar-refractivity contribution >= 4 is 40.2 Å². The molecule has 0 saturated carbocycles. The zero-order chi connectivity index (χ0) is 24.2. The van der Waals surface area contributed by atoms with Gasteiger partial charge in [0.05, 0.1) is 7.11 Å². The summed E-state index contributed by atoms with van der Waals surface area (Å²) < 4.78 is 5.75. The van der Waals surface area contributed by atoms with Gasteiger partial charge < -0.3 is 4.74 Å². The zero-order valence-corrected chi connectivity index (χ0v) is 21.3. The number of benzene rings is 5. The van der Waals surface area contributed by atoms with Crippen LogP contribution in [0.2, 0.25) is 0 Å². The number of fused-ring (bicyclic) bond motifs is 1. The minimum atomic E-state index is -0.774. The Morgan fingerprint density at radius 1 is 0.714 bits per heavy atom. The third kappa shape index (κ3) is 4.53. The van der Waals surface area contributed by atoms with Crippen molar-refractivity contribution in [3.63, 3.8) is 0 Å². The Bertz CT molecular complexity index is 1450. The lowest BCUT2D eigenvalue weighted by Crippen LogP contribution is -2.22. The van der Waals surface area contributed by atoms with Gasteiger partial charge in [0.1, 0.15) is 5.75 Å². The molecule has 0 aliphatic rings. The highest BCUT2D eigenvalue weighted by Gasteiger charge is 2.23. The van der Waals surface area contributed by atoms with Crippen LogP contribution in [0, 0.1) is 0 Å². The van der Waals surface area contributed by atoms with E-state index in [1.165, 1.54) is 48.9 Å². The first-order chi connectivity index (χ1) is 17.2. The summed E-state index contributed by atoms with van der Waals surface area (Å²) in [6.45, 7) is 4.31. The van der Waals surface area contributed by atoms with E-state index in [1.807, 2.05) is 0 Å². The van der Waals surface area contributed by atoms with Gasteiger partial charge in [0.2, 0.25) is 0 Å². The Balaban J connectivity index is 1.89. The number of hydrogen-bond donors (Lipinski definition) is 0. The average molecular weight is 473 g/mol. The lowest BCUT2D eigenvalue weighted by molar-refractivity contribution is 0.415. The molecular weight excluding hydrogens is 443 g/mol. The maximum absolute atomic E-state index is 5.75. The van der Waals surface area contributed by atoms with Crippen molar-refractivity contribution in [3.05, 3.63) is 127 Å². The third-order valence-corrected chi connectivity index (χ3v) is 9.03. The number of rotatable bonds is 6. The van der Waals surface area contributed by atoms with Crippen molar-refractivity contribution in [1.29, 1.82) is 0 Å². The van der Waals surface area contributed by atoms with Crippen molar-refractivity contribution in [1.82, 2.24) is 0 Å². The van der Waals surface area contributed by atoms with Crippen LogP contribution in [0.15, 0.2) is 121 Å². The fourth-order valence-electron chi connectivity index (χ4n) is 4.66. The summed E-state index contributed by atoms with van der Waals surface area (Å²) in [4.78, 5) is 0. The van der Waals surface area contributed by atoms with Crippen molar-refractivity contribution in [2.45, 2.75) is 13.8 Å². The second-order valence-corrected chi connectivity index (χ2v) is 10.8. The molecule has 5 rings (SSSR count). The highest BCUT2D eigenvalue weighted by atomic mass is 31.1. The minimum Gasteiger partial charge on any atom is -0.497 e. The Hall–Kier alpha value is -3.67. The van der Waals surface area contributed by atoms with Crippen LogP contribution in [0.4, 0.5) is 0 Å². The third-order valence-electron chi connectivity index (χ3n) is 6.53. The Kier molecular flexibility index (Phi) is 6.80. The van der Waals surface area contributed by atoms with Crippen LogP contribution in [-0.4, -0.2) is 7.11 Å². The molecule has 0 heterocycles. The van der Waals surface area contributed by atoms with E-state index in [-0.39, 0.29) is 0 Å². The van der Waals surface area contributed by atoms with Crippen molar-refractivity contribution in [3.8, 4) is 16.9 Å². The summed E-state index contributed by atoms with van der Waals surface area (Å²) in [5.74, 6) is 0.872. The molecule has 172 valence electrons. The van der Waals surface area contributed by atoms with Gasteiger partial charge in [0, 0.05) is 0 Å². The maximum atomic E-state index is 5.75. The van der Waals surface area contributed by atoms with E-state index in [2.05, 4.69) is 135 Å². The summed E-state index contributed by atoms with van der Waals surface area (Å²) in [7, 11) is 0.973. The zero-order valence-electron chi connectivity index (χ0n) is 20.4. The summed E-state index contributed by atoms with van der Waals surface area (Å²) in [6.07, 6.45) is 2.20. The number of methoxy groups -OCH3 is 1. The van der Waals surface area contributed by atoms with Crippen LogP contribution in [0.5, 0.6) is 5.75 Å². The van der Waals surface area contributed by atoms with Gasteiger partial charge in [0.15, 0.2) is 0 Å². The van der Waals surface area contributed by atoms with Gasteiger partial charge in [-0.3, -0.25) is 0 Å². The molecule has 0 radical (unpaired) electrons. The predicted octanol–water partition coefficient (Wildman–Crippen LogP) is 7.70. The van der Waals surface area contributed by atoms with E-state index >= 15 is 0 Å². The molecule has 0 amide bonds. The van der Waals surface area contributed by atoms with Gasteiger partial charge in [0.25, 0.3) is 0 Å². The molecule has 0 aromatic heterocycles. The van der Waals surface area contributed by atoms with Crippen LogP contribution < -0.4 is 20.7 Å². The summed E-state index contributed by atoms with van der Waals surface area (Å²) in [5, 5.41) is 6.51. The topological polar surface area (TPSA) is 9.23 Å². The molecule has 0 spiro atoms. The van der Waals surface area contributed by atoms with E-state index in [0.29, 0.717) is 0 Å². The molecule has 1 nitrogen and oxygen atoms in total. The monoisotopic (exact) mass is 472 g/mol. The number of hydrogen-bond acceptors (Lipinski definition) is 1. The average Bonchev–Trinajstić information content (AvgIpc) is 2.93. The van der Waals surface area contributed by atoms with E-state index in [1.54, 1.807) is 7.11 Å². The van der Waals surface area contributed by atoms with Crippen molar-refractivity contribution < 1.29 is 4.74 Å². The summed E-state index contributed by atoms with van der Waals surface area (Å²) in [6, 6.07) is 41.6. The fraction of sp³-hybridized carbons (Fsp3) is 0.0909. The van der Waals surface area contributed by atoms with Crippen LogP contribution in [-0.2, 0) is 0 Å². The summed E-state index contributed by atoms with van der Waals surface area (Å²) in [5.41, 5.74) is 5.03. The fourth-order valence-corrected chi connectivity index (χ4v) is 7.10. The second-order valence-electron chi connectivity index (χ2n) is 8.57. The van der Waals surface area contributed by atoms with Gasteiger partial charge in [-0.05, 0) is 88.9 Å². The van der Waals surface area contributed by atoms with Crippen LogP contribution in [0.3, 0.4) is 0 Å². The Morgan fingerprint density at radius 2 is 1.34 bits per heavy atom. The Labute approximate surface area is 209 Å². The van der Waals surface area contributed by atoms with Crippen LogP contribution >= 0.6 is 7.92 Å². The van der Waals surface area contributed by atoms with Crippen LogP contribution in [0.1, 0.15) is 19.4 Å². The first-order valence-corrected chi connectivity index (χ1v) is 13.3. The molecule has 2 heteroatoms. The molecule has 0 fully saturated rings. The standard InChI is InChI=1S/C33H29OP/c1-4-24(2)29-21-19-25-13-11-12-18-30(25)33(29)31-23-26(34-3)20-22-32(31)35(27-14-7-5-8-15-27)28-16-9-6-10-17-28/h4-23H,1-3H3/b24-4+. The molecular formula is C33H29OP. The first-order valence-electron chi connectivity index (χ1n) is 11.9. The van der Waals surface area contributed by atoms with E-state index in [4.69, 9.17) is 4.74 Å². The van der Waals surface area contributed by atoms with Gasteiger partial charge in [-0.2, -0.15) is 0 Å². The minimum absolute atomic E-state index is 0.774. The molecule has 0 saturated heterocycles. The number of allylic oxidation sites excluding steroid dienone is 2. The molecule has 5 aromatic carbocycles. The van der Waals surface area contributed by atoms with E-state index in [0.717, 1.165) is 5.75 Å². The molecule has 0 aliphatic heterocycles. The van der Waals surface area contributed by atoms with Crippen molar-refractivity contribution in [2.75, 3.05) is 7.11 Å². The SMILES string of the molecule is C/C=C(\C)c1ccc2ccccc2c1-c1cc(OC)ccc1P(c1ccccc1)c1ccccc1. The summed E-state index contributed by atoms with van der Waals surface area (Å²) >= 11 is 0. The molecule has 0 N–H and O–H groups in total. The molecule has 35 heavy (non-hydrogen) atoms. The highest BCUT2D eigenvalue weighted by molar-refractivity contribution is 7.80. The van der Waals surface area contributed by atoms with Gasteiger partial charge in [-0.25, -0.2) is 0 Å². The normalized spacial score (nSPS) is 11.7.